The lowest BCUT2D eigenvalue weighted by Gasteiger charge is -2.36. The molecule has 0 spiro atoms. The Hall–Kier alpha value is -2.89. The van der Waals surface area contributed by atoms with Gasteiger partial charge in [-0.05, 0) is 31.3 Å². The molecule has 24 heavy (non-hydrogen) atoms. The Morgan fingerprint density at radius 3 is 2.38 bits per heavy atom. The average molecular weight is 320 g/mol. The first-order chi connectivity index (χ1) is 11.3. The third-order valence-corrected chi connectivity index (χ3v) is 4.67. The molecule has 1 unspecified atom stereocenters. The van der Waals surface area contributed by atoms with Crippen molar-refractivity contribution in [1.82, 2.24) is 0 Å². The van der Waals surface area contributed by atoms with Crippen molar-refractivity contribution in [3.63, 3.8) is 0 Å². The maximum Gasteiger partial charge on any atom is 0.179 e. The number of nitriles is 4. The summed E-state index contributed by atoms with van der Waals surface area (Å²) in [4.78, 5) is 12.2. The van der Waals surface area contributed by atoms with Crippen LogP contribution in [0.1, 0.15) is 40.0 Å². The van der Waals surface area contributed by atoms with Gasteiger partial charge in [0.25, 0.3) is 0 Å². The molecule has 0 aromatic carbocycles. The molecule has 0 bridgehead atoms. The van der Waals surface area contributed by atoms with E-state index in [2.05, 4.69) is 19.9 Å². The molecule has 1 rings (SSSR count). The fraction of sp³-hybridized carbons (Fsp3) is 0.526. The maximum absolute atomic E-state index is 12.2. The predicted molar refractivity (Wildman–Crippen MR) is 87.4 cm³/mol. The van der Waals surface area contributed by atoms with Crippen LogP contribution in [-0.2, 0) is 4.79 Å². The van der Waals surface area contributed by atoms with Crippen molar-refractivity contribution in [2.24, 2.45) is 22.7 Å². The lowest BCUT2D eigenvalue weighted by molar-refractivity contribution is -0.115. The molecule has 0 aromatic rings. The summed E-state index contributed by atoms with van der Waals surface area (Å²) in [5.74, 6) is -1.78. The van der Waals surface area contributed by atoms with E-state index in [1.54, 1.807) is 30.4 Å². The van der Waals surface area contributed by atoms with Crippen LogP contribution in [-0.4, -0.2) is 5.78 Å². The second-order valence-electron chi connectivity index (χ2n) is 6.84. The third-order valence-electron chi connectivity index (χ3n) is 4.67. The molecular formula is C19H20N4O. The highest BCUT2D eigenvalue weighted by Gasteiger charge is 2.42. The summed E-state index contributed by atoms with van der Waals surface area (Å²) in [6.45, 7) is 6.30. The Morgan fingerprint density at radius 2 is 1.92 bits per heavy atom. The van der Waals surface area contributed by atoms with Gasteiger partial charge in [-0.3, -0.25) is 4.79 Å². The predicted octanol–water partition coefficient (Wildman–Crippen LogP) is 3.58. The summed E-state index contributed by atoms with van der Waals surface area (Å²) in [6.07, 6.45) is 6.90. The van der Waals surface area contributed by atoms with Crippen molar-refractivity contribution < 1.29 is 4.79 Å². The molecule has 1 aliphatic rings. The van der Waals surface area contributed by atoms with Crippen molar-refractivity contribution in [3.8, 4) is 24.3 Å². The number of ketones is 1. The summed E-state index contributed by atoms with van der Waals surface area (Å²) < 4.78 is 0. The van der Waals surface area contributed by atoms with Crippen LogP contribution in [0.25, 0.3) is 0 Å². The highest BCUT2D eigenvalue weighted by atomic mass is 16.1. The zero-order valence-electron chi connectivity index (χ0n) is 14.2. The maximum atomic E-state index is 12.2. The molecule has 122 valence electrons. The fourth-order valence-electron chi connectivity index (χ4n) is 3.10. The van der Waals surface area contributed by atoms with Crippen LogP contribution in [0.2, 0.25) is 0 Å². The highest BCUT2D eigenvalue weighted by Crippen LogP contribution is 2.41. The number of hydrogen-bond donors (Lipinski definition) is 0. The largest absolute Gasteiger partial charge is 0.295 e. The summed E-state index contributed by atoms with van der Waals surface area (Å²) in [5.41, 5.74) is -0.717. The van der Waals surface area contributed by atoms with Crippen molar-refractivity contribution >= 4 is 5.78 Å². The van der Waals surface area contributed by atoms with Gasteiger partial charge in [0.1, 0.15) is 0 Å². The molecule has 0 aliphatic heterocycles. The first-order valence-electron chi connectivity index (χ1n) is 7.75. The number of carbonyl (C=O) groups excluding carboxylic acids is 1. The van der Waals surface area contributed by atoms with E-state index in [1.807, 2.05) is 6.92 Å². The molecule has 0 saturated carbocycles. The lowest BCUT2D eigenvalue weighted by atomic mass is 9.68. The minimum atomic E-state index is -1.93. The Balaban J connectivity index is 3.00. The molecule has 0 fully saturated rings. The van der Waals surface area contributed by atoms with Gasteiger partial charge in [-0.15, -0.1) is 0 Å². The molecule has 5 nitrogen and oxygen atoms in total. The standard InChI is InChI=1S/C19H20N4O/c1-14-5-4-8-18(2,3)17(14)7-6-16(24)9-19(12-22,13-23)15(10-20)11-21/h5-7,15,17H,4,8-9H2,1-3H3/b7-6+. The average Bonchev–Trinajstić information content (AvgIpc) is 2.53. The van der Waals surface area contributed by atoms with E-state index >= 15 is 0 Å². The van der Waals surface area contributed by atoms with Crippen LogP contribution in [0.5, 0.6) is 0 Å². The van der Waals surface area contributed by atoms with Gasteiger partial charge >= 0.3 is 0 Å². The Labute approximate surface area is 143 Å². The zero-order chi connectivity index (χ0) is 18.4. The number of hydrogen-bond acceptors (Lipinski definition) is 5. The van der Waals surface area contributed by atoms with Crippen molar-refractivity contribution in [2.75, 3.05) is 0 Å². The second kappa shape index (κ2) is 7.59. The minimum Gasteiger partial charge on any atom is -0.295 e. The van der Waals surface area contributed by atoms with E-state index in [4.69, 9.17) is 10.5 Å². The molecule has 1 aliphatic carbocycles. The molecular weight excluding hydrogens is 300 g/mol. The van der Waals surface area contributed by atoms with Crippen LogP contribution >= 0.6 is 0 Å². The fourth-order valence-corrected chi connectivity index (χ4v) is 3.10. The number of nitrogens with zero attached hydrogens (tertiary/aromatic N) is 4. The summed E-state index contributed by atoms with van der Waals surface area (Å²) in [6, 6.07) is 6.65. The van der Waals surface area contributed by atoms with Gasteiger partial charge in [0, 0.05) is 12.3 Å². The second-order valence-corrected chi connectivity index (χ2v) is 6.84. The van der Waals surface area contributed by atoms with E-state index in [0.717, 1.165) is 12.8 Å². The molecule has 0 amide bonds. The lowest BCUT2D eigenvalue weighted by Crippen LogP contribution is -2.29. The molecule has 0 radical (unpaired) electrons. The summed E-state index contributed by atoms with van der Waals surface area (Å²) in [7, 11) is 0. The Morgan fingerprint density at radius 1 is 1.33 bits per heavy atom. The van der Waals surface area contributed by atoms with Gasteiger partial charge in [0.05, 0.1) is 24.3 Å². The van der Waals surface area contributed by atoms with Crippen molar-refractivity contribution in [2.45, 2.75) is 40.0 Å². The van der Waals surface area contributed by atoms with E-state index in [9.17, 15) is 15.3 Å². The quantitative estimate of drug-likeness (QED) is 0.567. The van der Waals surface area contributed by atoms with Crippen molar-refractivity contribution in [1.29, 1.82) is 21.0 Å². The molecule has 1 atom stereocenters. The van der Waals surface area contributed by atoms with Crippen LogP contribution < -0.4 is 0 Å². The minimum absolute atomic E-state index is 0.0268. The smallest absolute Gasteiger partial charge is 0.179 e. The van der Waals surface area contributed by atoms with Crippen LogP contribution in [0.15, 0.2) is 23.8 Å². The number of allylic oxidation sites excluding steroid dienone is 4. The van der Waals surface area contributed by atoms with E-state index in [1.165, 1.54) is 11.6 Å². The van der Waals surface area contributed by atoms with Gasteiger partial charge in [0.15, 0.2) is 17.1 Å². The molecule has 0 saturated heterocycles. The van der Waals surface area contributed by atoms with Gasteiger partial charge in [-0.25, -0.2) is 0 Å². The van der Waals surface area contributed by atoms with Gasteiger partial charge < -0.3 is 0 Å². The van der Waals surface area contributed by atoms with E-state index < -0.39 is 23.5 Å². The Bertz CT molecular complexity index is 703. The van der Waals surface area contributed by atoms with Gasteiger partial charge in [-0.1, -0.05) is 31.6 Å². The monoisotopic (exact) mass is 320 g/mol. The molecule has 0 N–H and O–H groups in total. The van der Waals surface area contributed by atoms with Crippen LogP contribution in [0.4, 0.5) is 0 Å². The van der Waals surface area contributed by atoms with E-state index in [-0.39, 0.29) is 11.3 Å². The first kappa shape index (κ1) is 19.2. The molecule has 0 aromatic heterocycles. The molecule has 0 heterocycles. The zero-order valence-corrected chi connectivity index (χ0v) is 14.2. The number of carbonyl (C=O) groups is 1. The van der Waals surface area contributed by atoms with Crippen LogP contribution in [0, 0.1) is 68.0 Å². The Kier molecular flexibility index (Phi) is 6.06. The normalized spacial score (nSPS) is 19.7. The number of rotatable bonds is 5. The van der Waals surface area contributed by atoms with Gasteiger partial charge in [-0.2, -0.15) is 21.0 Å². The van der Waals surface area contributed by atoms with Gasteiger partial charge in [0.2, 0.25) is 0 Å². The summed E-state index contributed by atoms with van der Waals surface area (Å²) >= 11 is 0. The van der Waals surface area contributed by atoms with Crippen LogP contribution in [0.3, 0.4) is 0 Å². The molecule has 5 heteroatoms. The first-order valence-corrected chi connectivity index (χ1v) is 7.75. The topological polar surface area (TPSA) is 112 Å². The summed E-state index contributed by atoms with van der Waals surface area (Å²) in [5, 5.41) is 36.4. The SMILES string of the molecule is CC1=CCCC(C)(C)C1/C=C/C(=O)CC(C#N)(C#N)C(C#N)C#N. The highest BCUT2D eigenvalue weighted by molar-refractivity contribution is 5.91. The van der Waals surface area contributed by atoms with E-state index in [0.29, 0.717) is 0 Å². The van der Waals surface area contributed by atoms with Crippen molar-refractivity contribution in [3.05, 3.63) is 23.8 Å². The third kappa shape index (κ3) is 3.90.